The third kappa shape index (κ3) is 2.14. The van der Waals surface area contributed by atoms with Crippen molar-refractivity contribution < 1.29 is 13.9 Å². The molecule has 0 atom stereocenters. The normalized spacial score (nSPS) is 11.5. The van der Waals surface area contributed by atoms with Crippen molar-refractivity contribution in [3.8, 4) is 5.88 Å². The van der Waals surface area contributed by atoms with Crippen molar-refractivity contribution in [2.24, 2.45) is 4.99 Å². The molecule has 0 fully saturated rings. The number of aromatic nitrogens is 1. The third-order valence-corrected chi connectivity index (χ3v) is 2.97. The Morgan fingerprint density at radius 3 is 2.70 bits per heavy atom. The van der Waals surface area contributed by atoms with Crippen LogP contribution in [0.25, 0.3) is 10.9 Å². The number of hydrogen-bond donors (Lipinski definition) is 2. The van der Waals surface area contributed by atoms with E-state index in [2.05, 4.69) is 9.98 Å². The molecule has 0 saturated carbocycles. The maximum absolute atomic E-state index is 13.5. The molecule has 2 aromatic carbocycles. The van der Waals surface area contributed by atoms with E-state index in [0.29, 0.717) is 16.5 Å². The second-order valence-corrected chi connectivity index (χ2v) is 4.29. The highest BCUT2D eigenvalue weighted by Crippen LogP contribution is 2.27. The van der Waals surface area contributed by atoms with E-state index in [4.69, 9.17) is 0 Å². The summed E-state index contributed by atoms with van der Waals surface area (Å²) >= 11 is 0. The Kier molecular flexibility index (Phi) is 2.95. The fourth-order valence-electron chi connectivity index (χ4n) is 1.99. The number of para-hydroxylation sites is 1. The fraction of sp³-hybridized carbons (Fsp3) is 0. The molecule has 2 N–H and O–H groups in total. The van der Waals surface area contributed by atoms with Gasteiger partial charge in [0.15, 0.2) is 5.88 Å². The van der Waals surface area contributed by atoms with E-state index in [1.54, 1.807) is 12.1 Å². The zero-order valence-electron chi connectivity index (χ0n) is 10.3. The molecule has 0 spiro atoms. The van der Waals surface area contributed by atoms with Crippen LogP contribution in [0.3, 0.4) is 0 Å². The average Bonchev–Trinajstić information content (AvgIpc) is 2.73. The second-order valence-electron chi connectivity index (χ2n) is 4.29. The van der Waals surface area contributed by atoms with Crippen LogP contribution in [0.2, 0.25) is 0 Å². The van der Waals surface area contributed by atoms with Gasteiger partial charge in [-0.1, -0.05) is 12.1 Å². The summed E-state index contributed by atoms with van der Waals surface area (Å²) in [6.07, 6.45) is 1.31. The summed E-state index contributed by atoms with van der Waals surface area (Å²) < 4.78 is 26.7. The van der Waals surface area contributed by atoms with Gasteiger partial charge in [0.2, 0.25) is 0 Å². The number of nitrogens with zero attached hydrogens (tertiary/aromatic N) is 1. The molecule has 0 radical (unpaired) electrons. The lowest BCUT2D eigenvalue weighted by Crippen LogP contribution is -1.81. The Labute approximate surface area is 113 Å². The Balaban J connectivity index is 2.09. The molecule has 0 unspecified atom stereocenters. The minimum absolute atomic E-state index is 0.134. The lowest BCUT2D eigenvalue weighted by molar-refractivity contribution is 0.457. The number of rotatable bonds is 2. The molecule has 0 saturated heterocycles. The Morgan fingerprint density at radius 1 is 1.10 bits per heavy atom. The summed E-state index contributed by atoms with van der Waals surface area (Å²) in [4.78, 5) is 6.70. The minimum atomic E-state index is -0.464. The fourth-order valence-corrected chi connectivity index (χ4v) is 1.99. The van der Waals surface area contributed by atoms with E-state index in [0.717, 1.165) is 0 Å². The van der Waals surface area contributed by atoms with Gasteiger partial charge in [-0.05, 0) is 30.3 Å². The topological polar surface area (TPSA) is 48.4 Å². The van der Waals surface area contributed by atoms with Crippen LogP contribution in [-0.2, 0) is 0 Å². The Morgan fingerprint density at radius 2 is 1.90 bits per heavy atom. The van der Waals surface area contributed by atoms with Crippen LogP contribution < -0.4 is 0 Å². The number of aromatic amines is 1. The zero-order valence-corrected chi connectivity index (χ0v) is 10.3. The van der Waals surface area contributed by atoms with Crippen LogP contribution in [0.1, 0.15) is 5.56 Å². The minimum Gasteiger partial charge on any atom is -0.494 e. The zero-order chi connectivity index (χ0) is 14.1. The smallest absolute Gasteiger partial charge is 0.198 e. The van der Waals surface area contributed by atoms with Crippen molar-refractivity contribution in [3.05, 3.63) is 59.7 Å². The van der Waals surface area contributed by atoms with E-state index < -0.39 is 11.6 Å². The summed E-state index contributed by atoms with van der Waals surface area (Å²) in [6, 6.07) is 10.1. The standard InChI is InChI=1S/C15H10F2N2O/c16-9-5-6-13-10(7-9)11(15(20)19-13)8-18-14-4-2-1-3-12(14)17/h1-8,19-20H. The SMILES string of the molecule is Oc1[nH]c2ccc(F)cc2c1C=Nc1ccccc1F. The molecule has 5 heteroatoms. The molecule has 3 nitrogen and oxygen atoms in total. The average molecular weight is 272 g/mol. The molecule has 100 valence electrons. The first kappa shape index (κ1) is 12.3. The van der Waals surface area contributed by atoms with Crippen molar-refractivity contribution in [1.82, 2.24) is 4.98 Å². The molecule has 0 aliphatic rings. The van der Waals surface area contributed by atoms with Gasteiger partial charge < -0.3 is 10.1 Å². The maximum atomic E-state index is 13.5. The van der Waals surface area contributed by atoms with Crippen LogP contribution in [0, 0.1) is 11.6 Å². The highest BCUT2D eigenvalue weighted by Gasteiger charge is 2.09. The number of aromatic hydroxyl groups is 1. The summed E-state index contributed by atoms with van der Waals surface area (Å²) in [5.41, 5.74) is 1.05. The van der Waals surface area contributed by atoms with Crippen molar-refractivity contribution in [2.75, 3.05) is 0 Å². The van der Waals surface area contributed by atoms with E-state index in [1.807, 2.05) is 0 Å². The quantitative estimate of drug-likeness (QED) is 0.683. The molecular weight excluding hydrogens is 262 g/mol. The van der Waals surface area contributed by atoms with Gasteiger partial charge in [0, 0.05) is 17.1 Å². The lowest BCUT2D eigenvalue weighted by Gasteiger charge is -1.96. The molecule has 1 heterocycles. The molecule has 0 aliphatic carbocycles. The lowest BCUT2D eigenvalue weighted by atomic mass is 10.2. The molecular formula is C15H10F2N2O. The van der Waals surface area contributed by atoms with Gasteiger partial charge in [0.1, 0.15) is 11.6 Å². The van der Waals surface area contributed by atoms with Crippen LogP contribution in [-0.4, -0.2) is 16.3 Å². The van der Waals surface area contributed by atoms with Crippen LogP contribution in [0.5, 0.6) is 5.88 Å². The van der Waals surface area contributed by atoms with Crippen molar-refractivity contribution in [1.29, 1.82) is 0 Å². The summed E-state index contributed by atoms with van der Waals surface area (Å²) in [5, 5.41) is 10.3. The van der Waals surface area contributed by atoms with Crippen molar-refractivity contribution >= 4 is 22.8 Å². The van der Waals surface area contributed by atoms with Crippen LogP contribution >= 0.6 is 0 Å². The van der Waals surface area contributed by atoms with Gasteiger partial charge in [-0.3, -0.25) is 4.99 Å². The first-order chi connectivity index (χ1) is 9.65. The maximum Gasteiger partial charge on any atom is 0.198 e. The predicted molar refractivity (Wildman–Crippen MR) is 73.6 cm³/mol. The molecule has 3 rings (SSSR count). The van der Waals surface area contributed by atoms with Crippen LogP contribution in [0.15, 0.2) is 47.5 Å². The number of hydrogen-bond acceptors (Lipinski definition) is 2. The van der Waals surface area contributed by atoms with Crippen LogP contribution in [0.4, 0.5) is 14.5 Å². The van der Waals surface area contributed by atoms with Gasteiger partial charge in [-0.2, -0.15) is 0 Å². The van der Waals surface area contributed by atoms with E-state index in [1.165, 1.54) is 36.5 Å². The van der Waals surface area contributed by atoms with Gasteiger partial charge in [-0.25, -0.2) is 8.78 Å². The molecule has 0 amide bonds. The Hall–Kier alpha value is -2.69. The van der Waals surface area contributed by atoms with Gasteiger partial charge in [0.05, 0.1) is 11.3 Å². The number of halogens is 2. The summed E-state index contributed by atoms with van der Waals surface area (Å²) in [6.45, 7) is 0. The number of aliphatic imine (C=N–C) groups is 1. The first-order valence-corrected chi connectivity index (χ1v) is 5.94. The largest absolute Gasteiger partial charge is 0.494 e. The van der Waals surface area contributed by atoms with Gasteiger partial charge >= 0.3 is 0 Å². The van der Waals surface area contributed by atoms with Gasteiger partial charge in [0.25, 0.3) is 0 Å². The highest BCUT2D eigenvalue weighted by molar-refractivity contribution is 6.02. The predicted octanol–water partition coefficient (Wildman–Crippen LogP) is 3.90. The van der Waals surface area contributed by atoms with E-state index >= 15 is 0 Å². The number of H-pyrrole nitrogens is 1. The number of nitrogens with one attached hydrogen (secondary N) is 1. The molecule has 3 aromatic rings. The van der Waals surface area contributed by atoms with Crippen molar-refractivity contribution in [2.45, 2.75) is 0 Å². The van der Waals surface area contributed by atoms with Gasteiger partial charge in [-0.15, -0.1) is 0 Å². The third-order valence-electron chi connectivity index (χ3n) is 2.97. The molecule has 0 bridgehead atoms. The molecule has 1 aromatic heterocycles. The molecule has 20 heavy (non-hydrogen) atoms. The highest BCUT2D eigenvalue weighted by atomic mass is 19.1. The molecule has 0 aliphatic heterocycles. The summed E-state index contributed by atoms with van der Waals surface area (Å²) in [5.74, 6) is -1.02. The first-order valence-electron chi connectivity index (χ1n) is 5.94. The van der Waals surface area contributed by atoms with E-state index in [-0.39, 0.29) is 11.6 Å². The monoisotopic (exact) mass is 272 g/mol. The van der Waals surface area contributed by atoms with E-state index in [9.17, 15) is 13.9 Å². The number of fused-ring (bicyclic) bond motifs is 1. The second kappa shape index (κ2) is 4.77. The van der Waals surface area contributed by atoms with Crippen molar-refractivity contribution in [3.63, 3.8) is 0 Å². The number of benzene rings is 2. The Bertz CT molecular complexity index is 809. The summed E-state index contributed by atoms with van der Waals surface area (Å²) in [7, 11) is 0.